The maximum Gasteiger partial charge on any atom is 0.339 e. The molecule has 1 heterocycles. The molecule has 0 spiro atoms. The molecule has 5 nitrogen and oxygen atoms in total. The number of carboxylic acid groups (broad SMARTS) is 1. The number of rotatable bonds is 5. The number of hydrogen-bond acceptors (Lipinski definition) is 4. The summed E-state index contributed by atoms with van der Waals surface area (Å²) >= 11 is 0. The Bertz CT molecular complexity index is 626. The summed E-state index contributed by atoms with van der Waals surface area (Å²) in [6.45, 7) is 3.62. The zero-order chi connectivity index (χ0) is 14.7. The molecule has 0 saturated heterocycles. The minimum absolute atomic E-state index is 0.0427. The fraction of sp³-hybridized carbons (Fsp3) is 0.333. The van der Waals surface area contributed by atoms with E-state index in [1.165, 1.54) is 6.20 Å². The van der Waals surface area contributed by atoms with E-state index in [2.05, 4.69) is 10.3 Å². The fourth-order valence-corrected chi connectivity index (χ4v) is 2.28. The van der Waals surface area contributed by atoms with Gasteiger partial charge in [0.2, 0.25) is 0 Å². The first-order valence-electron chi connectivity index (χ1n) is 6.54. The number of carbonyl (C=O) groups is 1. The lowest BCUT2D eigenvalue weighted by molar-refractivity contribution is 0.0697. The van der Waals surface area contributed by atoms with Gasteiger partial charge < -0.3 is 15.5 Å². The van der Waals surface area contributed by atoms with Gasteiger partial charge in [-0.1, -0.05) is 18.2 Å². The van der Waals surface area contributed by atoms with E-state index in [9.17, 15) is 15.0 Å². The zero-order valence-corrected chi connectivity index (χ0v) is 11.5. The topological polar surface area (TPSA) is 82.5 Å². The average molecular weight is 274 g/mol. The molecule has 0 aliphatic rings. The Morgan fingerprint density at radius 2 is 2.05 bits per heavy atom. The fourth-order valence-electron chi connectivity index (χ4n) is 2.28. The lowest BCUT2D eigenvalue weighted by Crippen LogP contribution is -2.22. The molecule has 5 heteroatoms. The molecular weight excluding hydrogens is 256 g/mol. The van der Waals surface area contributed by atoms with Crippen molar-refractivity contribution in [2.75, 3.05) is 5.32 Å². The summed E-state index contributed by atoms with van der Waals surface area (Å²) in [5.41, 5.74) is 1.43. The second-order valence-electron chi connectivity index (χ2n) is 5.00. The summed E-state index contributed by atoms with van der Waals surface area (Å²) in [5, 5.41) is 22.7. The highest BCUT2D eigenvalue weighted by atomic mass is 16.4. The van der Waals surface area contributed by atoms with Crippen molar-refractivity contribution < 1.29 is 15.0 Å². The molecule has 1 aromatic carbocycles. The van der Waals surface area contributed by atoms with Crippen molar-refractivity contribution in [1.82, 2.24) is 4.98 Å². The molecule has 0 radical (unpaired) electrons. The van der Waals surface area contributed by atoms with Gasteiger partial charge in [-0.3, -0.25) is 4.98 Å². The van der Waals surface area contributed by atoms with E-state index < -0.39 is 12.1 Å². The Labute approximate surface area is 117 Å². The highest BCUT2D eigenvalue weighted by Crippen LogP contribution is 2.27. The van der Waals surface area contributed by atoms with Crippen LogP contribution in [0.3, 0.4) is 0 Å². The number of aliphatic hydroxyl groups is 1. The minimum atomic E-state index is -1.02. The lowest BCUT2D eigenvalue weighted by atomic mass is 10.1. The number of para-hydroxylation sites is 1. The number of fused-ring (bicyclic) bond motifs is 1. The van der Waals surface area contributed by atoms with Crippen molar-refractivity contribution in [3.63, 3.8) is 0 Å². The summed E-state index contributed by atoms with van der Waals surface area (Å²) in [7, 11) is 0. The minimum Gasteiger partial charge on any atom is -0.478 e. The highest BCUT2D eigenvalue weighted by molar-refractivity contribution is 6.04. The summed E-state index contributed by atoms with van der Waals surface area (Å²) in [4.78, 5) is 15.5. The van der Waals surface area contributed by atoms with Crippen molar-refractivity contribution >= 4 is 22.6 Å². The van der Waals surface area contributed by atoms with E-state index in [-0.39, 0.29) is 11.6 Å². The lowest BCUT2D eigenvalue weighted by Gasteiger charge is -2.19. The number of aliphatic hydroxyl groups excluding tert-OH is 1. The quantitative estimate of drug-likeness (QED) is 0.780. The van der Waals surface area contributed by atoms with E-state index in [4.69, 9.17) is 0 Å². The Balaban J connectivity index is 2.47. The van der Waals surface area contributed by atoms with E-state index in [0.717, 1.165) is 10.9 Å². The normalized spacial score (nSPS) is 13.9. The molecule has 2 rings (SSSR count). The molecule has 0 aliphatic heterocycles. The summed E-state index contributed by atoms with van der Waals surface area (Å²) in [5.74, 6) is -1.02. The first kappa shape index (κ1) is 14.3. The van der Waals surface area contributed by atoms with Gasteiger partial charge in [-0.05, 0) is 26.3 Å². The highest BCUT2D eigenvalue weighted by Gasteiger charge is 2.16. The van der Waals surface area contributed by atoms with Gasteiger partial charge in [0, 0.05) is 17.6 Å². The van der Waals surface area contributed by atoms with Gasteiger partial charge in [0.1, 0.15) is 5.56 Å². The van der Waals surface area contributed by atoms with Crippen LogP contribution in [0.15, 0.2) is 30.5 Å². The van der Waals surface area contributed by atoms with E-state index in [1.54, 1.807) is 6.92 Å². The van der Waals surface area contributed by atoms with Gasteiger partial charge in [-0.15, -0.1) is 0 Å². The molecule has 3 N–H and O–H groups in total. The van der Waals surface area contributed by atoms with Crippen LogP contribution in [0.4, 0.5) is 5.69 Å². The van der Waals surface area contributed by atoms with Gasteiger partial charge in [0.05, 0.1) is 17.3 Å². The molecular formula is C15H18N2O3. The first-order chi connectivity index (χ1) is 9.49. The molecule has 0 amide bonds. The van der Waals surface area contributed by atoms with Crippen molar-refractivity contribution in [2.45, 2.75) is 32.4 Å². The Kier molecular flexibility index (Phi) is 4.20. The number of aromatic carboxylic acids is 1. The summed E-state index contributed by atoms with van der Waals surface area (Å²) in [6, 6.07) is 7.34. The molecule has 2 aromatic rings. The predicted molar refractivity (Wildman–Crippen MR) is 78.1 cm³/mol. The number of pyridine rings is 1. The molecule has 0 bridgehead atoms. The van der Waals surface area contributed by atoms with Gasteiger partial charge in [-0.2, -0.15) is 0 Å². The van der Waals surface area contributed by atoms with Crippen LogP contribution in [-0.2, 0) is 0 Å². The van der Waals surface area contributed by atoms with Crippen LogP contribution < -0.4 is 5.32 Å². The SMILES string of the molecule is CC(O)CC(C)Nc1c(C(=O)O)cnc2ccccc12. The Morgan fingerprint density at radius 1 is 1.35 bits per heavy atom. The van der Waals surface area contributed by atoms with Crippen LogP contribution in [0.25, 0.3) is 10.9 Å². The average Bonchev–Trinajstić information content (AvgIpc) is 2.37. The van der Waals surface area contributed by atoms with E-state index in [0.29, 0.717) is 12.1 Å². The molecule has 2 atom stereocenters. The number of hydrogen-bond donors (Lipinski definition) is 3. The first-order valence-corrected chi connectivity index (χ1v) is 6.54. The number of nitrogens with one attached hydrogen (secondary N) is 1. The standard InChI is InChI=1S/C15H18N2O3/c1-9(7-10(2)18)17-14-11-5-3-4-6-13(11)16-8-12(14)15(19)20/h3-6,8-10,18H,7H2,1-2H3,(H,16,17)(H,19,20). The number of aromatic nitrogens is 1. The largest absolute Gasteiger partial charge is 0.478 e. The zero-order valence-electron chi connectivity index (χ0n) is 11.5. The van der Waals surface area contributed by atoms with Crippen LogP contribution in [0.2, 0.25) is 0 Å². The summed E-state index contributed by atoms with van der Waals surface area (Å²) in [6.07, 6.45) is 1.46. The van der Waals surface area contributed by atoms with Crippen LogP contribution >= 0.6 is 0 Å². The van der Waals surface area contributed by atoms with Crippen LogP contribution in [0, 0.1) is 0 Å². The molecule has 0 aliphatic carbocycles. The smallest absolute Gasteiger partial charge is 0.339 e. The molecule has 0 fully saturated rings. The maximum absolute atomic E-state index is 11.3. The Hall–Kier alpha value is -2.14. The van der Waals surface area contributed by atoms with Crippen molar-refractivity contribution in [1.29, 1.82) is 0 Å². The van der Waals surface area contributed by atoms with Gasteiger partial charge in [0.15, 0.2) is 0 Å². The van der Waals surface area contributed by atoms with Gasteiger partial charge in [-0.25, -0.2) is 4.79 Å². The number of carboxylic acids is 1. The van der Waals surface area contributed by atoms with Crippen molar-refractivity contribution in [3.05, 3.63) is 36.0 Å². The predicted octanol–water partition coefficient (Wildman–Crippen LogP) is 2.50. The van der Waals surface area contributed by atoms with Crippen molar-refractivity contribution in [2.24, 2.45) is 0 Å². The number of nitrogens with zero attached hydrogens (tertiary/aromatic N) is 1. The number of benzene rings is 1. The van der Waals surface area contributed by atoms with E-state index >= 15 is 0 Å². The molecule has 106 valence electrons. The van der Waals surface area contributed by atoms with Crippen LogP contribution in [0.5, 0.6) is 0 Å². The molecule has 1 aromatic heterocycles. The molecule has 0 saturated carbocycles. The van der Waals surface area contributed by atoms with Gasteiger partial charge in [0.25, 0.3) is 0 Å². The summed E-state index contributed by atoms with van der Waals surface area (Å²) < 4.78 is 0. The van der Waals surface area contributed by atoms with Crippen LogP contribution in [-0.4, -0.2) is 33.3 Å². The third-order valence-electron chi connectivity index (χ3n) is 3.09. The van der Waals surface area contributed by atoms with Crippen molar-refractivity contribution in [3.8, 4) is 0 Å². The van der Waals surface area contributed by atoms with Gasteiger partial charge >= 0.3 is 5.97 Å². The second-order valence-corrected chi connectivity index (χ2v) is 5.00. The third kappa shape index (κ3) is 3.05. The van der Waals surface area contributed by atoms with E-state index in [1.807, 2.05) is 31.2 Å². The van der Waals surface area contributed by atoms with Crippen LogP contribution in [0.1, 0.15) is 30.6 Å². The number of anilines is 1. The second kappa shape index (κ2) is 5.88. The molecule has 2 unspecified atom stereocenters. The maximum atomic E-state index is 11.3. The third-order valence-corrected chi connectivity index (χ3v) is 3.09. The molecule has 20 heavy (non-hydrogen) atoms. The Morgan fingerprint density at radius 3 is 2.70 bits per heavy atom. The monoisotopic (exact) mass is 274 g/mol.